The van der Waals surface area contributed by atoms with Gasteiger partial charge in [-0.15, -0.1) is 0 Å². The summed E-state index contributed by atoms with van der Waals surface area (Å²) in [5.74, 6) is -1.58. The lowest BCUT2D eigenvalue weighted by molar-refractivity contribution is -0.124. The lowest BCUT2D eigenvalue weighted by atomic mass is 10.1. The van der Waals surface area contributed by atoms with Gasteiger partial charge in [0.25, 0.3) is 0 Å². The van der Waals surface area contributed by atoms with Crippen LogP contribution >= 0.6 is 15.9 Å². The first kappa shape index (κ1) is 14.5. The van der Waals surface area contributed by atoms with Crippen molar-refractivity contribution in [3.05, 3.63) is 28.2 Å². The van der Waals surface area contributed by atoms with Crippen molar-refractivity contribution >= 4 is 39.4 Å². The number of benzene rings is 1. The van der Waals surface area contributed by atoms with Crippen LogP contribution in [0, 0.1) is 0 Å². The largest absolute Gasteiger partial charge is 0.478 e. The number of halogens is 1. The summed E-state index contributed by atoms with van der Waals surface area (Å²) in [6.07, 6.45) is 0. The van der Waals surface area contributed by atoms with Gasteiger partial charge in [-0.2, -0.15) is 0 Å². The minimum atomic E-state index is -1.09. The number of hydrogen-bond acceptors (Lipinski definition) is 4. The highest BCUT2D eigenvalue weighted by Crippen LogP contribution is 2.21. The number of carbonyl (C=O) groups excluding carboxylic acids is 2. The summed E-state index contributed by atoms with van der Waals surface area (Å²) in [5.41, 5.74) is 0.446. The summed E-state index contributed by atoms with van der Waals surface area (Å²) in [4.78, 5) is 33.9. The minimum absolute atomic E-state index is 0.0627. The number of amides is 2. The van der Waals surface area contributed by atoms with Gasteiger partial charge in [-0.1, -0.05) is 0 Å². The molecule has 0 saturated carbocycles. The molecule has 0 aliphatic carbocycles. The molecule has 20 heavy (non-hydrogen) atoms. The Balaban J connectivity index is 2.06. The highest BCUT2D eigenvalue weighted by Gasteiger charge is 2.24. The zero-order valence-corrected chi connectivity index (χ0v) is 11.9. The molecule has 4 N–H and O–H groups in total. The third-order valence-corrected chi connectivity index (χ3v) is 3.48. The predicted octanol–water partition coefficient (Wildman–Crippen LogP) is 0.174. The molecular weight excluding hydrogens is 330 g/mol. The van der Waals surface area contributed by atoms with E-state index in [0.717, 1.165) is 0 Å². The Bertz CT molecular complexity index is 566. The van der Waals surface area contributed by atoms with Gasteiger partial charge >= 0.3 is 5.97 Å². The fourth-order valence-electron chi connectivity index (χ4n) is 1.75. The smallest absolute Gasteiger partial charge is 0.336 e. The van der Waals surface area contributed by atoms with Crippen LogP contribution in [0.3, 0.4) is 0 Å². The van der Waals surface area contributed by atoms with Crippen molar-refractivity contribution in [1.82, 2.24) is 10.6 Å². The van der Waals surface area contributed by atoms with Gasteiger partial charge in [0.15, 0.2) is 0 Å². The molecule has 106 valence electrons. The number of carbonyl (C=O) groups is 3. The molecule has 2 amide bonds. The van der Waals surface area contributed by atoms with Crippen molar-refractivity contribution in [1.29, 1.82) is 0 Å². The van der Waals surface area contributed by atoms with Crippen molar-refractivity contribution in [2.24, 2.45) is 0 Å². The summed E-state index contributed by atoms with van der Waals surface area (Å²) in [5, 5.41) is 17.0. The van der Waals surface area contributed by atoms with Gasteiger partial charge in [-0.3, -0.25) is 14.9 Å². The lowest BCUT2D eigenvalue weighted by Gasteiger charge is -2.23. The summed E-state index contributed by atoms with van der Waals surface area (Å²) in [6.45, 7) is 0.284. The summed E-state index contributed by atoms with van der Waals surface area (Å²) >= 11 is 3.13. The number of anilines is 1. The summed E-state index contributed by atoms with van der Waals surface area (Å²) < 4.78 is 0.436. The number of rotatable bonds is 3. The Morgan fingerprint density at radius 3 is 2.75 bits per heavy atom. The van der Waals surface area contributed by atoms with Crippen LogP contribution in [0.1, 0.15) is 10.4 Å². The second-order valence-electron chi connectivity index (χ2n) is 4.23. The van der Waals surface area contributed by atoms with Crippen molar-refractivity contribution in [3.8, 4) is 0 Å². The molecule has 1 heterocycles. The van der Waals surface area contributed by atoms with E-state index in [-0.39, 0.29) is 30.5 Å². The molecule has 1 fully saturated rings. The molecule has 0 aromatic heterocycles. The van der Waals surface area contributed by atoms with Crippen molar-refractivity contribution in [2.75, 3.05) is 18.4 Å². The maximum atomic E-state index is 12.0. The monoisotopic (exact) mass is 341 g/mol. The van der Waals surface area contributed by atoms with E-state index < -0.39 is 12.0 Å². The molecule has 1 aliphatic rings. The van der Waals surface area contributed by atoms with Crippen molar-refractivity contribution in [2.45, 2.75) is 6.04 Å². The average Bonchev–Trinajstić information content (AvgIpc) is 2.41. The van der Waals surface area contributed by atoms with E-state index in [2.05, 4.69) is 31.9 Å². The topological polar surface area (TPSA) is 108 Å². The van der Waals surface area contributed by atoms with Crippen LogP contribution in [0.25, 0.3) is 0 Å². The average molecular weight is 342 g/mol. The highest BCUT2D eigenvalue weighted by atomic mass is 79.9. The zero-order valence-electron chi connectivity index (χ0n) is 10.3. The Hall–Kier alpha value is -1.93. The Kier molecular flexibility index (Phi) is 4.35. The molecule has 0 bridgehead atoms. The van der Waals surface area contributed by atoms with Crippen LogP contribution in [0.5, 0.6) is 0 Å². The van der Waals surface area contributed by atoms with Crippen LogP contribution < -0.4 is 16.0 Å². The number of hydrogen-bond donors (Lipinski definition) is 4. The van der Waals surface area contributed by atoms with E-state index in [4.69, 9.17) is 5.11 Å². The quantitative estimate of drug-likeness (QED) is 0.627. The highest BCUT2D eigenvalue weighted by molar-refractivity contribution is 9.10. The predicted molar refractivity (Wildman–Crippen MR) is 74.5 cm³/mol. The van der Waals surface area contributed by atoms with Gasteiger partial charge in [0.2, 0.25) is 11.8 Å². The van der Waals surface area contributed by atoms with Gasteiger partial charge < -0.3 is 15.7 Å². The van der Waals surface area contributed by atoms with Crippen LogP contribution in [-0.4, -0.2) is 42.0 Å². The first-order chi connectivity index (χ1) is 9.47. The molecule has 1 aromatic rings. The van der Waals surface area contributed by atoms with Crippen molar-refractivity contribution in [3.63, 3.8) is 0 Å². The molecule has 1 aliphatic heterocycles. The van der Waals surface area contributed by atoms with Gasteiger partial charge in [0.1, 0.15) is 6.04 Å². The molecule has 0 radical (unpaired) electrons. The lowest BCUT2D eigenvalue weighted by Crippen LogP contribution is -2.56. The van der Waals surface area contributed by atoms with Crippen LogP contribution in [0.4, 0.5) is 5.69 Å². The van der Waals surface area contributed by atoms with E-state index in [1.54, 1.807) is 12.1 Å². The second kappa shape index (κ2) is 6.02. The van der Waals surface area contributed by atoms with Gasteiger partial charge in [-0.25, -0.2) is 4.79 Å². The fraction of sp³-hybridized carbons (Fsp3) is 0.250. The van der Waals surface area contributed by atoms with Crippen LogP contribution in [0.2, 0.25) is 0 Å². The maximum absolute atomic E-state index is 12.0. The molecule has 1 saturated heterocycles. The molecule has 7 nitrogen and oxygen atoms in total. The fourth-order valence-corrected chi connectivity index (χ4v) is 2.16. The summed E-state index contributed by atoms with van der Waals surface area (Å²) in [7, 11) is 0. The normalized spacial score (nSPS) is 18.2. The third-order valence-electron chi connectivity index (χ3n) is 2.79. The number of carboxylic acid groups (broad SMARTS) is 1. The van der Waals surface area contributed by atoms with Gasteiger partial charge in [-0.05, 0) is 34.1 Å². The maximum Gasteiger partial charge on any atom is 0.336 e. The number of nitrogens with one attached hydrogen (secondary N) is 3. The zero-order chi connectivity index (χ0) is 14.7. The van der Waals surface area contributed by atoms with E-state index in [1.807, 2.05) is 0 Å². The van der Waals surface area contributed by atoms with E-state index in [0.29, 0.717) is 10.2 Å². The minimum Gasteiger partial charge on any atom is -0.478 e. The number of carboxylic acids is 1. The first-order valence-corrected chi connectivity index (χ1v) is 6.60. The van der Waals surface area contributed by atoms with Crippen LogP contribution in [0.15, 0.2) is 22.7 Å². The molecule has 1 atom stereocenters. The Labute approximate surface area is 122 Å². The standard InChI is InChI=1S/C12H12BrN3O4/c13-8-2-1-6(3-7(8)12(19)20)16-11(18)9-4-15-10(17)5-14-9/h1-3,9,14H,4-5H2,(H,15,17)(H,16,18)(H,19,20). The van der Waals surface area contributed by atoms with Crippen molar-refractivity contribution < 1.29 is 19.5 Å². The molecule has 0 spiro atoms. The number of aromatic carboxylic acids is 1. The first-order valence-electron chi connectivity index (χ1n) is 5.81. The SMILES string of the molecule is O=C1CNC(C(=O)Nc2ccc(Br)c(C(=O)O)c2)CN1. The Morgan fingerprint density at radius 1 is 1.40 bits per heavy atom. The Morgan fingerprint density at radius 2 is 2.15 bits per heavy atom. The molecule has 2 rings (SSSR count). The molecule has 8 heteroatoms. The van der Waals surface area contributed by atoms with Gasteiger partial charge in [0, 0.05) is 16.7 Å². The third kappa shape index (κ3) is 3.34. The molecular formula is C12H12BrN3O4. The molecule has 1 unspecified atom stereocenters. The van der Waals surface area contributed by atoms with Crippen LogP contribution in [-0.2, 0) is 9.59 Å². The summed E-state index contributed by atoms with van der Waals surface area (Å²) in [6, 6.07) is 3.97. The van der Waals surface area contributed by atoms with E-state index >= 15 is 0 Å². The molecule has 1 aromatic carbocycles. The number of piperazine rings is 1. The second-order valence-corrected chi connectivity index (χ2v) is 5.08. The van der Waals surface area contributed by atoms with Gasteiger partial charge in [0.05, 0.1) is 12.1 Å². The van der Waals surface area contributed by atoms with E-state index in [1.165, 1.54) is 6.07 Å². The van der Waals surface area contributed by atoms with E-state index in [9.17, 15) is 14.4 Å².